The highest BCUT2D eigenvalue weighted by Gasteiger charge is 2.32. The number of hydrogen-bond acceptors (Lipinski definition) is 3. The van der Waals surface area contributed by atoms with E-state index in [-0.39, 0.29) is 12.1 Å². The van der Waals surface area contributed by atoms with Gasteiger partial charge in [0, 0.05) is 25.7 Å². The van der Waals surface area contributed by atoms with Crippen LogP contribution >= 0.6 is 11.3 Å². The molecule has 1 aromatic rings. The third kappa shape index (κ3) is 3.48. The van der Waals surface area contributed by atoms with Gasteiger partial charge in [-0.1, -0.05) is 0 Å². The van der Waals surface area contributed by atoms with Gasteiger partial charge < -0.3 is 15.0 Å². The van der Waals surface area contributed by atoms with Crippen LogP contribution in [0.2, 0.25) is 0 Å². The third-order valence-electron chi connectivity index (χ3n) is 3.69. The molecule has 19 heavy (non-hydrogen) atoms. The summed E-state index contributed by atoms with van der Waals surface area (Å²) in [6.07, 6.45) is 4.66. The summed E-state index contributed by atoms with van der Waals surface area (Å²) >= 11 is 1.68. The number of carbonyl (C=O) groups is 1. The summed E-state index contributed by atoms with van der Waals surface area (Å²) in [4.78, 5) is 14.2. The van der Waals surface area contributed by atoms with Gasteiger partial charge in [-0.25, -0.2) is 4.79 Å². The van der Waals surface area contributed by atoms with Crippen molar-refractivity contribution in [2.24, 2.45) is 0 Å². The van der Waals surface area contributed by atoms with Gasteiger partial charge in [0.2, 0.25) is 0 Å². The molecule has 0 spiro atoms. The minimum atomic E-state index is 0.0594. The van der Waals surface area contributed by atoms with Crippen LogP contribution in [0.1, 0.15) is 31.2 Å². The van der Waals surface area contributed by atoms with Crippen LogP contribution < -0.4 is 5.32 Å². The predicted molar refractivity (Wildman–Crippen MR) is 75.3 cm³/mol. The van der Waals surface area contributed by atoms with E-state index in [1.807, 2.05) is 4.90 Å². The molecular formula is C14H20N2O2S. The quantitative estimate of drug-likeness (QED) is 0.900. The fourth-order valence-electron chi connectivity index (χ4n) is 2.44. The van der Waals surface area contributed by atoms with Gasteiger partial charge in [-0.15, -0.1) is 0 Å². The molecule has 2 amide bonds. The van der Waals surface area contributed by atoms with E-state index in [0.717, 1.165) is 38.8 Å². The number of hydrogen-bond donors (Lipinski definition) is 1. The molecule has 1 atom stereocenters. The number of rotatable bonds is 5. The highest BCUT2D eigenvalue weighted by molar-refractivity contribution is 7.07. The van der Waals surface area contributed by atoms with Crippen molar-refractivity contribution >= 4 is 17.4 Å². The monoisotopic (exact) mass is 280 g/mol. The SMILES string of the molecule is O=C(NCC1CCCO1)N(Cc1ccsc1)C1CC1. The van der Waals surface area contributed by atoms with Gasteiger partial charge in [0.15, 0.2) is 0 Å². The Hall–Kier alpha value is -1.07. The van der Waals surface area contributed by atoms with Crippen molar-refractivity contribution < 1.29 is 9.53 Å². The molecule has 0 bridgehead atoms. The first-order valence-corrected chi connectivity index (χ1v) is 7.94. The third-order valence-corrected chi connectivity index (χ3v) is 4.42. The minimum absolute atomic E-state index is 0.0594. The second kappa shape index (κ2) is 5.92. The zero-order chi connectivity index (χ0) is 13.1. The van der Waals surface area contributed by atoms with Crippen LogP contribution in [0.5, 0.6) is 0 Å². The van der Waals surface area contributed by atoms with Crippen LogP contribution in [0.4, 0.5) is 4.79 Å². The molecule has 1 unspecified atom stereocenters. The lowest BCUT2D eigenvalue weighted by molar-refractivity contribution is 0.108. The molecule has 1 saturated heterocycles. The Balaban J connectivity index is 1.52. The maximum atomic E-state index is 12.3. The van der Waals surface area contributed by atoms with Crippen molar-refractivity contribution in [2.75, 3.05) is 13.2 Å². The average molecular weight is 280 g/mol. The van der Waals surface area contributed by atoms with Crippen LogP contribution in [0.15, 0.2) is 16.8 Å². The molecule has 2 aliphatic rings. The number of urea groups is 1. The summed E-state index contributed by atoms with van der Waals surface area (Å²) in [7, 11) is 0. The smallest absolute Gasteiger partial charge is 0.318 e. The van der Waals surface area contributed by atoms with E-state index in [1.54, 1.807) is 11.3 Å². The number of ether oxygens (including phenoxy) is 1. The molecule has 1 aromatic heterocycles. The fraction of sp³-hybridized carbons (Fsp3) is 0.643. The molecule has 2 heterocycles. The molecule has 1 N–H and O–H groups in total. The Bertz CT molecular complexity index is 411. The first kappa shape index (κ1) is 12.9. The second-order valence-corrected chi connectivity index (χ2v) is 6.09. The largest absolute Gasteiger partial charge is 0.376 e. The van der Waals surface area contributed by atoms with E-state index >= 15 is 0 Å². The van der Waals surface area contributed by atoms with Gasteiger partial charge in [0.1, 0.15) is 0 Å². The van der Waals surface area contributed by atoms with Gasteiger partial charge in [0.25, 0.3) is 0 Å². The van der Waals surface area contributed by atoms with Crippen LogP contribution in [0, 0.1) is 0 Å². The van der Waals surface area contributed by atoms with Gasteiger partial charge in [-0.2, -0.15) is 11.3 Å². The number of thiophene rings is 1. The van der Waals surface area contributed by atoms with Crippen molar-refractivity contribution in [2.45, 2.75) is 44.4 Å². The molecular weight excluding hydrogens is 260 g/mol. The van der Waals surface area contributed by atoms with E-state index < -0.39 is 0 Å². The lowest BCUT2D eigenvalue weighted by atomic mass is 10.2. The molecule has 1 aliphatic carbocycles. The highest BCUT2D eigenvalue weighted by Crippen LogP contribution is 2.28. The average Bonchev–Trinajstić information content (AvgIpc) is 2.94. The summed E-state index contributed by atoms with van der Waals surface area (Å²) in [5, 5.41) is 7.20. The standard InChI is InChI=1S/C14H20N2O2S/c17-14(15-8-13-2-1-6-18-13)16(12-3-4-12)9-11-5-7-19-10-11/h5,7,10,12-13H,1-4,6,8-9H2,(H,15,17). The molecule has 1 saturated carbocycles. The zero-order valence-corrected chi connectivity index (χ0v) is 11.8. The van der Waals surface area contributed by atoms with E-state index in [1.165, 1.54) is 5.56 Å². The van der Waals surface area contributed by atoms with Crippen molar-refractivity contribution in [1.29, 1.82) is 0 Å². The molecule has 5 heteroatoms. The minimum Gasteiger partial charge on any atom is -0.376 e. The van der Waals surface area contributed by atoms with E-state index in [0.29, 0.717) is 12.6 Å². The van der Waals surface area contributed by atoms with Gasteiger partial charge in [-0.3, -0.25) is 0 Å². The molecule has 0 aromatic carbocycles. The van der Waals surface area contributed by atoms with E-state index in [9.17, 15) is 4.79 Å². The maximum Gasteiger partial charge on any atom is 0.318 e. The Labute approximate surface area is 117 Å². The van der Waals surface area contributed by atoms with Crippen molar-refractivity contribution in [3.63, 3.8) is 0 Å². The zero-order valence-electron chi connectivity index (χ0n) is 11.0. The number of nitrogens with zero attached hydrogens (tertiary/aromatic N) is 1. The van der Waals surface area contributed by atoms with Crippen LogP contribution in [0.25, 0.3) is 0 Å². The van der Waals surface area contributed by atoms with E-state index in [4.69, 9.17) is 4.74 Å². The van der Waals surface area contributed by atoms with Crippen LogP contribution in [-0.2, 0) is 11.3 Å². The van der Waals surface area contributed by atoms with Crippen molar-refractivity contribution in [3.05, 3.63) is 22.4 Å². The van der Waals surface area contributed by atoms with Gasteiger partial charge in [-0.05, 0) is 48.1 Å². The number of nitrogens with one attached hydrogen (secondary N) is 1. The first-order valence-electron chi connectivity index (χ1n) is 7.00. The second-order valence-electron chi connectivity index (χ2n) is 5.31. The summed E-state index contributed by atoms with van der Waals surface area (Å²) in [5.74, 6) is 0. The maximum absolute atomic E-state index is 12.3. The predicted octanol–water partition coefficient (Wildman–Crippen LogP) is 2.60. The summed E-state index contributed by atoms with van der Waals surface area (Å²) in [6.45, 7) is 2.21. The normalized spacial score (nSPS) is 22.4. The van der Waals surface area contributed by atoms with Gasteiger partial charge in [0.05, 0.1) is 6.10 Å². The van der Waals surface area contributed by atoms with Crippen LogP contribution in [0.3, 0.4) is 0 Å². The van der Waals surface area contributed by atoms with Crippen molar-refractivity contribution in [3.8, 4) is 0 Å². The topological polar surface area (TPSA) is 41.6 Å². The first-order chi connectivity index (χ1) is 9.33. The van der Waals surface area contributed by atoms with Crippen LogP contribution in [-0.4, -0.2) is 36.2 Å². The van der Waals surface area contributed by atoms with E-state index in [2.05, 4.69) is 22.1 Å². The highest BCUT2D eigenvalue weighted by atomic mass is 32.1. The lowest BCUT2D eigenvalue weighted by Gasteiger charge is -2.23. The molecule has 0 radical (unpaired) electrons. The summed E-state index contributed by atoms with van der Waals surface area (Å²) < 4.78 is 5.53. The lowest BCUT2D eigenvalue weighted by Crippen LogP contribution is -2.43. The Morgan fingerprint density at radius 3 is 3.00 bits per heavy atom. The Morgan fingerprint density at radius 1 is 1.47 bits per heavy atom. The Kier molecular flexibility index (Phi) is 4.03. The summed E-state index contributed by atoms with van der Waals surface area (Å²) in [5.41, 5.74) is 1.23. The molecule has 104 valence electrons. The molecule has 1 aliphatic heterocycles. The molecule has 3 rings (SSSR count). The fourth-order valence-corrected chi connectivity index (χ4v) is 3.10. The van der Waals surface area contributed by atoms with Crippen molar-refractivity contribution in [1.82, 2.24) is 10.2 Å². The van der Waals surface area contributed by atoms with Gasteiger partial charge >= 0.3 is 6.03 Å². The number of amides is 2. The summed E-state index contributed by atoms with van der Waals surface area (Å²) in [6, 6.07) is 2.58. The number of carbonyl (C=O) groups excluding carboxylic acids is 1. The Morgan fingerprint density at radius 2 is 2.37 bits per heavy atom. The molecule has 2 fully saturated rings. The molecule has 4 nitrogen and oxygen atoms in total.